The van der Waals surface area contributed by atoms with Gasteiger partial charge in [0.1, 0.15) is 6.07 Å². The molecule has 1 aromatic rings. The minimum absolute atomic E-state index is 0.849. The topological polar surface area (TPSA) is 27.0 Å². The Bertz CT molecular complexity index is 520. The summed E-state index contributed by atoms with van der Waals surface area (Å²) >= 11 is 1.67. The van der Waals surface area contributed by atoms with E-state index in [-0.39, 0.29) is 0 Å². The van der Waals surface area contributed by atoms with E-state index in [2.05, 4.69) is 29.2 Å². The summed E-state index contributed by atoms with van der Waals surface area (Å²) in [4.78, 5) is 3.57. The average Bonchev–Trinajstić information content (AvgIpc) is 2.53. The highest BCUT2D eigenvalue weighted by molar-refractivity contribution is 7.98. The number of anilines is 1. The lowest BCUT2D eigenvalue weighted by molar-refractivity contribution is 0.202. The number of rotatable bonds is 2. The van der Waals surface area contributed by atoms with Crippen molar-refractivity contribution < 1.29 is 0 Å². The van der Waals surface area contributed by atoms with E-state index >= 15 is 0 Å². The summed E-state index contributed by atoms with van der Waals surface area (Å²) in [5.41, 5.74) is 2.03. The van der Waals surface area contributed by atoms with Gasteiger partial charge in [0, 0.05) is 18.0 Å². The van der Waals surface area contributed by atoms with Gasteiger partial charge in [0.15, 0.2) is 0 Å². The first kappa shape index (κ1) is 13.8. The van der Waals surface area contributed by atoms with Crippen LogP contribution >= 0.6 is 11.8 Å². The van der Waals surface area contributed by atoms with Gasteiger partial charge < -0.3 is 4.90 Å². The molecular weight excluding hydrogens is 264 g/mol. The van der Waals surface area contributed by atoms with Gasteiger partial charge in [-0.05, 0) is 43.1 Å². The smallest absolute Gasteiger partial charge is 0.103 e. The molecule has 1 heterocycles. The van der Waals surface area contributed by atoms with Crippen molar-refractivity contribution in [2.75, 3.05) is 24.2 Å². The molecule has 1 aliphatic heterocycles. The third kappa shape index (κ3) is 2.54. The van der Waals surface area contributed by atoms with Crippen molar-refractivity contribution in [1.29, 1.82) is 5.26 Å². The van der Waals surface area contributed by atoms with E-state index in [1.807, 2.05) is 6.26 Å². The minimum Gasteiger partial charge on any atom is -0.370 e. The van der Waals surface area contributed by atoms with E-state index in [4.69, 9.17) is 0 Å². The molecule has 2 unspecified atom stereocenters. The van der Waals surface area contributed by atoms with Crippen LogP contribution in [0, 0.1) is 23.2 Å². The van der Waals surface area contributed by atoms with E-state index in [1.165, 1.54) is 32.1 Å². The molecular formula is C17H22N2S. The molecule has 0 radical (unpaired) electrons. The second kappa shape index (κ2) is 6.10. The Kier molecular flexibility index (Phi) is 4.21. The Labute approximate surface area is 126 Å². The standard InChI is InChI=1S/C17H22N2S/c1-20-17-8-4-7-16(15(17)11-18)19-10-9-13-5-2-3-6-14(13)12-19/h4,7-8,13-14H,2-3,5-6,9-10,12H2,1H3. The number of hydrogen-bond donors (Lipinski definition) is 0. The molecule has 3 rings (SSSR count). The van der Waals surface area contributed by atoms with Crippen molar-refractivity contribution in [3.05, 3.63) is 23.8 Å². The van der Waals surface area contributed by atoms with Crippen molar-refractivity contribution in [3.8, 4) is 6.07 Å². The Morgan fingerprint density at radius 2 is 2.00 bits per heavy atom. The van der Waals surface area contributed by atoms with Gasteiger partial charge in [0.05, 0.1) is 11.3 Å². The van der Waals surface area contributed by atoms with Crippen LogP contribution < -0.4 is 4.90 Å². The number of piperidine rings is 1. The molecule has 0 bridgehead atoms. The van der Waals surface area contributed by atoms with Crippen LogP contribution in [0.4, 0.5) is 5.69 Å². The van der Waals surface area contributed by atoms with E-state index in [1.54, 1.807) is 11.8 Å². The van der Waals surface area contributed by atoms with Gasteiger partial charge in [-0.2, -0.15) is 5.26 Å². The number of nitrogens with zero attached hydrogens (tertiary/aromatic N) is 2. The molecule has 0 spiro atoms. The molecule has 1 aromatic carbocycles. The quantitative estimate of drug-likeness (QED) is 0.759. The lowest BCUT2D eigenvalue weighted by Crippen LogP contribution is -2.42. The van der Waals surface area contributed by atoms with Gasteiger partial charge in [0.2, 0.25) is 0 Å². The molecule has 3 heteroatoms. The van der Waals surface area contributed by atoms with Crippen molar-refractivity contribution in [2.45, 2.75) is 37.0 Å². The SMILES string of the molecule is CSc1cccc(N2CCC3CCCCC3C2)c1C#N. The van der Waals surface area contributed by atoms with Gasteiger partial charge in [-0.3, -0.25) is 0 Å². The maximum Gasteiger partial charge on any atom is 0.103 e. The van der Waals surface area contributed by atoms with Crippen molar-refractivity contribution in [3.63, 3.8) is 0 Å². The van der Waals surface area contributed by atoms with Crippen LogP contribution in [0.25, 0.3) is 0 Å². The number of thioether (sulfide) groups is 1. The monoisotopic (exact) mass is 286 g/mol. The van der Waals surface area contributed by atoms with Crippen LogP contribution in [-0.2, 0) is 0 Å². The van der Waals surface area contributed by atoms with Gasteiger partial charge in [-0.15, -0.1) is 11.8 Å². The van der Waals surface area contributed by atoms with E-state index < -0.39 is 0 Å². The van der Waals surface area contributed by atoms with Crippen LogP contribution in [0.2, 0.25) is 0 Å². The van der Waals surface area contributed by atoms with Crippen molar-refractivity contribution >= 4 is 17.4 Å². The Balaban J connectivity index is 1.85. The molecule has 106 valence electrons. The predicted octanol–water partition coefficient (Wildman–Crippen LogP) is 4.30. The highest BCUT2D eigenvalue weighted by atomic mass is 32.2. The molecule has 0 aromatic heterocycles. The summed E-state index contributed by atoms with van der Waals surface area (Å²) in [6.07, 6.45) is 8.98. The molecule has 2 nitrogen and oxygen atoms in total. The van der Waals surface area contributed by atoms with Gasteiger partial charge in [0.25, 0.3) is 0 Å². The summed E-state index contributed by atoms with van der Waals surface area (Å²) in [5, 5.41) is 9.50. The lowest BCUT2D eigenvalue weighted by atomic mass is 9.75. The summed E-state index contributed by atoms with van der Waals surface area (Å²) in [6, 6.07) is 8.70. The Morgan fingerprint density at radius 3 is 2.75 bits per heavy atom. The number of hydrogen-bond acceptors (Lipinski definition) is 3. The van der Waals surface area contributed by atoms with E-state index in [9.17, 15) is 5.26 Å². The van der Waals surface area contributed by atoms with Gasteiger partial charge >= 0.3 is 0 Å². The third-order valence-corrected chi connectivity index (χ3v) is 5.75. The minimum atomic E-state index is 0.849. The first-order chi connectivity index (χ1) is 9.83. The second-order valence-electron chi connectivity index (χ2n) is 6.01. The molecule has 0 amide bonds. The second-order valence-corrected chi connectivity index (χ2v) is 6.85. The largest absolute Gasteiger partial charge is 0.370 e. The zero-order valence-electron chi connectivity index (χ0n) is 12.1. The van der Waals surface area contributed by atoms with Crippen molar-refractivity contribution in [2.24, 2.45) is 11.8 Å². The molecule has 1 aliphatic carbocycles. The molecule has 2 fully saturated rings. The fourth-order valence-electron chi connectivity index (χ4n) is 3.89. The Morgan fingerprint density at radius 1 is 1.20 bits per heavy atom. The van der Waals surface area contributed by atoms with Gasteiger partial charge in [-0.25, -0.2) is 0 Å². The lowest BCUT2D eigenvalue weighted by Gasteiger charge is -2.42. The van der Waals surface area contributed by atoms with Crippen LogP contribution in [0.5, 0.6) is 0 Å². The number of fused-ring (bicyclic) bond motifs is 1. The maximum absolute atomic E-state index is 9.50. The average molecular weight is 286 g/mol. The Hall–Kier alpha value is -1.14. The molecule has 2 atom stereocenters. The normalized spacial score (nSPS) is 25.9. The first-order valence-corrected chi connectivity index (χ1v) is 8.88. The van der Waals surface area contributed by atoms with Crippen LogP contribution in [-0.4, -0.2) is 19.3 Å². The maximum atomic E-state index is 9.50. The van der Waals surface area contributed by atoms with Gasteiger partial charge in [-0.1, -0.05) is 25.3 Å². The molecule has 20 heavy (non-hydrogen) atoms. The summed E-state index contributed by atoms with van der Waals surface area (Å²) in [7, 11) is 0. The fraction of sp³-hybridized carbons (Fsp3) is 0.588. The predicted molar refractivity (Wildman–Crippen MR) is 85.2 cm³/mol. The highest BCUT2D eigenvalue weighted by Gasteiger charge is 2.31. The fourth-order valence-corrected chi connectivity index (χ4v) is 4.45. The van der Waals surface area contributed by atoms with Crippen LogP contribution in [0.1, 0.15) is 37.7 Å². The summed E-state index contributed by atoms with van der Waals surface area (Å²) < 4.78 is 0. The molecule has 1 saturated heterocycles. The van der Waals surface area contributed by atoms with Crippen LogP contribution in [0.3, 0.4) is 0 Å². The first-order valence-electron chi connectivity index (χ1n) is 7.65. The van der Waals surface area contributed by atoms with Crippen molar-refractivity contribution in [1.82, 2.24) is 0 Å². The number of nitriles is 1. The molecule has 2 aliphatic rings. The summed E-state index contributed by atoms with van der Waals surface area (Å²) in [5.74, 6) is 1.79. The number of benzene rings is 1. The van der Waals surface area contributed by atoms with Crippen LogP contribution in [0.15, 0.2) is 23.1 Å². The van der Waals surface area contributed by atoms with E-state index in [0.29, 0.717) is 0 Å². The van der Waals surface area contributed by atoms with E-state index in [0.717, 1.165) is 41.1 Å². The summed E-state index contributed by atoms with van der Waals surface area (Å²) in [6.45, 7) is 2.27. The molecule has 1 saturated carbocycles. The third-order valence-electron chi connectivity index (χ3n) is 4.97. The zero-order chi connectivity index (χ0) is 13.9. The molecule has 0 N–H and O–H groups in total. The zero-order valence-corrected chi connectivity index (χ0v) is 13.0. The highest BCUT2D eigenvalue weighted by Crippen LogP contribution is 2.39.